The van der Waals surface area contributed by atoms with Gasteiger partial charge in [-0.3, -0.25) is 4.98 Å². The van der Waals surface area contributed by atoms with Crippen LogP contribution < -0.4 is 5.73 Å². The molecule has 0 radical (unpaired) electrons. The fraction of sp³-hybridized carbons (Fsp3) is 0.500. The lowest BCUT2D eigenvalue weighted by atomic mass is 9.86. The Labute approximate surface area is 86.0 Å². The first-order valence-corrected chi connectivity index (χ1v) is 4.20. The molecule has 0 saturated carbocycles. The highest BCUT2D eigenvalue weighted by Gasteiger charge is 2.21. The predicted octanol–water partition coefficient (Wildman–Crippen LogP) is 2.05. The molecule has 1 aromatic heterocycles. The van der Waals surface area contributed by atoms with Crippen LogP contribution in [0.5, 0.6) is 0 Å². The lowest BCUT2D eigenvalue weighted by Gasteiger charge is -2.23. The van der Waals surface area contributed by atoms with Crippen LogP contribution in [-0.2, 0) is 5.41 Å². The fourth-order valence-corrected chi connectivity index (χ4v) is 1.29. The molecule has 0 saturated heterocycles. The molecular weight excluding hydrogens is 184 g/mol. The van der Waals surface area contributed by atoms with Gasteiger partial charge in [-0.25, -0.2) is 0 Å². The summed E-state index contributed by atoms with van der Waals surface area (Å²) in [6.07, 6.45) is 1.82. The van der Waals surface area contributed by atoms with E-state index in [1.165, 1.54) is 5.56 Å². The molecule has 1 rings (SSSR count). The van der Waals surface area contributed by atoms with Crippen LogP contribution in [0.4, 0.5) is 0 Å². The first-order chi connectivity index (χ1) is 5.58. The Morgan fingerprint density at radius 1 is 1.46 bits per heavy atom. The second-order valence-electron chi connectivity index (χ2n) is 3.76. The zero-order valence-electron chi connectivity index (χ0n) is 8.37. The molecule has 0 aliphatic rings. The average Bonchev–Trinajstić information content (AvgIpc) is 2.05. The first-order valence-electron chi connectivity index (χ1n) is 4.20. The maximum absolute atomic E-state index is 5.67. The SMILES string of the molecule is Cc1cccnc1C(C)(C)CN.Cl. The van der Waals surface area contributed by atoms with Gasteiger partial charge in [-0.2, -0.15) is 0 Å². The minimum absolute atomic E-state index is 0. The highest BCUT2D eigenvalue weighted by atomic mass is 35.5. The molecule has 2 N–H and O–H groups in total. The Kier molecular flexibility index (Phi) is 4.37. The van der Waals surface area contributed by atoms with E-state index in [0.29, 0.717) is 6.54 Å². The molecule has 74 valence electrons. The molecule has 0 fully saturated rings. The van der Waals surface area contributed by atoms with Gasteiger partial charge in [-0.1, -0.05) is 19.9 Å². The zero-order chi connectivity index (χ0) is 9.19. The van der Waals surface area contributed by atoms with Crippen LogP contribution in [0, 0.1) is 6.92 Å². The third-order valence-electron chi connectivity index (χ3n) is 2.16. The number of nitrogens with zero attached hydrogens (tertiary/aromatic N) is 1. The van der Waals surface area contributed by atoms with E-state index >= 15 is 0 Å². The van der Waals surface area contributed by atoms with Gasteiger partial charge in [-0.15, -0.1) is 12.4 Å². The number of pyridine rings is 1. The Hall–Kier alpha value is -0.600. The van der Waals surface area contributed by atoms with Crippen molar-refractivity contribution in [1.29, 1.82) is 0 Å². The number of aromatic nitrogens is 1. The summed E-state index contributed by atoms with van der Waals surface area (Å²) in [5.41, 5.74) is 7.98. The van der Waals surface area contributed by atoms with E-state index in [1.807, 2.05) is 12.3 Å². The molecule has 0 bridgehead atoms. The van der Waals surface area contributed by atoms with Crippen molar-refractivity contribution in [2.45, 2.75) is 26.2 Å². The predicted molar refractivity (Wildman–Crippen MR) is 58.3 cm³/mol. The Morgan fingerprint density at radius 2 is 2.08 bits per heavy atom. The van der Waals surface area contributed by atoms with E-state index in [2.05, 4.69) is 31.8 Å². The monoisotopic (exact) mass is 200 g/mol. The lowest BCUT2D eigenvalue weighted by molar-refractivity contribution is 0.518. The molecule has 0 aromatic carbocycles. The molecule has 1 aromatic rings. The second-order valence-corrected chi connectivity index (χ2v) is 3.76. The van der Waals surface area contributed by atoms with Gasteiger partial charge >= 0.3 is 0 Å². The van der Waals surface area contributed by atoms with Gasteiger partial charge in [0.2, 0.25) is 0 Å². The molecule has 3 heteroatoms. The van der Waals surface area contributed by atoms with Crippen molar-refractivity contribution in [3.05, 3.63) is 29.6 Å². The number of nitrogens with two attached hydrogens (primary N) is 1. The zero-order valence-corrected chi connectivity index (χ0v) is 9.19. The molecule has 0 amide bonds. The standard InChI is InChI=1S/C10H16N2.ClH/c1-8-5-4-6-12-9(8)10(2,3)7-11;/h4-6H,7,11H2,1-3H3;1H. The Balaban J connectivity index is 0.00000144. The molecule has 13 heavy (non-hydrogen) atoms. The quantitative estimate of drug-likeness (QED) is 0.794. The van der Waals surface area contributed by atoms with Crippen LogP contribution in [0.2, 0.25) is 0 Å². The number of halogens is 1. The maximum atomic E-state index is 5.67. The molecule has 0 spiro atoms. The third-order valence-corrected chi connectivity index (χ3v) is 2.16. The van der Waals surface area contributed by atoms with Crippen LogP contribution in [-0.4, -0.2) is 11.5 Å². The summed E-state index contributed by atoms with van der Waals surface area (Å²) in [4.78, 5) is 4.34. The molecule has 1 heterocycles. The van der Waals surface area contributed by atoms with Gasteiger partial charge < -0.3 is 5.73 Å². The number of hydrogen-bond acceptors (Lipinski definition) is 2. The summed E-state index contributed by atoms with van der Waals surface area (Å²) in [5.74, 6) is 0. The van der Waals surface area contributed by atoms with Crippen molar-refractivity contribution in [1.82, 2.24) is 4.98 Å². The van der Waals surface area contributed by atoms with Crippen molar-refractivity contribution >= 4 is 12.4 Å². The molecule has 0 aliphatic heterocycles. The smallest absolute Gasteiger partial charge is 0.0501 e. The van der Waals surface area contributed by atoms with Crippen LogP contribution in [0.25, 0.3) is 0 Å². The van der Waals surface area contributed by atoms with Gasteiger partial charge in [0, 0.05) is 18.2 Å². The van der Waals surface area contributed by atoms with E-state index < -0.39 is 0 Å². The van der Waals surface area contributed by atoms with Crippen molar-refractivity contribution in [2.75, 3.05) is 6.54 Å². The van der Waals surface area contributed by atoms with E-state index in [-0.39, 0.29) is 17.8 Å². The van der Waals surface area contributed by atoms with Gasteiger partial charge in [0.25, 0.3) is 0 Å². The largest absolute Gasteiger partial charge is 0.330 e. The molecule has 0 atom stereocenters. The van der Waals surface area contributed by atoms with E-state index in [4.69, 9.17) is 5.73 Å². The van der Waals surface area contributed by atoms with Crippen LogP contribution >= 0.6 is 12.4 Å². The Bertz CT molecular complexity index is 271. The van der Waals surface area contributed by atoms with Crippen LogP contribution in [0.3, 0.4) is 0 Å². The van der Waals surface area contributed by atoms with Crippen LogP contribution in [0.15, 0.2) is 18.3 Å². The molecular formula is C10H17ClN2. The highest BCUT2D eigenvalue weighted by Crippen LogP contribution is 2.21. The number of rotatable bonds is 2. The minimum atomic E-state index is -0.00859. The van der Waals surface area contributed by atoms with E-state index in [1.54, 1.807) is 0 Å². The van der Waals surface area contributed by atoms with Gasteiger partial charge in [0.1, 0.15) is 0 Å². The fourth-order valence-electron chi connectivity index (χ4n) is 1.29. The highest BCUT2D eigenvalue weighted by molar-refractivity contribution is 5.85. The number of aryl methyl sites for hydroxylation is 1. The van der Waals surface area contributed by atoms with Crippen molar-refractivity contribution in [3.63, 3.8) is 0 Å². The maximum Gasteiger partial charge on any atom is 0.0501 e. The first kappa shape index (κ1) is 12.4. The molecule has 2 nitrogen and oxygen atoms in total. The third kappa shape index (κ3) is 2.68. The van der Waals surface area contributed by atoms with Gasteiger partial charge in [0.15, 0.2) is 0 Å². The average molecular weight is 201 g/mol. The minimum Gasteiger partial charge on any atom is -0.330 e. The molecule has 0 aliphatic carbocycles. The molecule has 0 unspecified atom stereocenters. The van der Waals surface area contributed by atoms with Crippen molar-refractivity contribution < 1.29 is 0 Å². The summed E-state index contributed by atoms with van der Waals surface area (Å²) in [5, 5.41) is 0. The summed E-state index contributed by atoms with van der Waals surface area (Å²) < 4.78 is 0. The summed E-state index contributed by atoms with van der Waals surface area (Å²) in [7, 11) is 0. The van der Waals surface area contributed by atoms with Crippen molar-refractivity contribution in [3.8, 4) is 0 Å². The van der Waals surface area contributed by atoms with Gasteiger partial charge in [0.05, 0.1) is 5.69 Å². The topological polar surface area (TPSA) is 38.9 Å². The van der Waals surface area contributed by atoms with Gasteiger partial charge in [-0.05, 0) is 18.6 Å². The van der Waals surface area contributed by atoms with Crippen molar-refractivity contribution in [2.24, 2.45) is 5.73 Å². The normalized spacial score (nSPS) is 10.8. The number of hydrogen-bond donors (Lipinski definition) is 1. The summed E-state index contributed by atoms with van der Waals surface area (Å²) >= 11 is 0. The summed E-state index contributed by atoms with van der Waals surface area (Å²) in [6.45, 7) is 6.93. The van der Waals surface area contributed by atoms with E-state index in [9.17, 15) is 0 Å². The lowest BCUT2D eigenvalue weighted by Crippen LogP contribution is -2.30. The second kappa shape index (κ2) is 4.58. The Morgan fingerprint density at radius 3 is 2.54 bits per heavy atom. The van der Waals surface area contributed by atoms with Crippen LogP contribution in [0.1, 0.15) is 25.1 Å². The summed E-state index contributed by atoms with van der Waals surface area (Å²) in [6, 6.07) is 4.02. The van der Waals surface area contributed by atoms with E-state index in [0.717, 1.165) is 5.69 Å².